The third-order valence-corrected chi connectivity index (χ3v) is 17.5. The van der Waals surface area contributed by atoms with Gasteiger partial charge in [-0.2, -0.15) is 0 Å². The van der Waals surface area contributed by atoms with Crippen molar-refractivity contribution < 1.29 is 14.0 Å². The van der Waals surface area contributed by atoms with Gasteiger partial charge in [0.15, 0.2) is 8.32 Å². The molecule has 0 heterocycles. The first-order chi connectivity index (χ1) is 15.7. The molecule has 1 aliphatic carbocycles. The lowest BCUT2D eigenvalue weighted by atomic mass is 10.0. The summed E-state index contributed by atoms with van der Waals surface area (Å²) in [4.78, 5) is 0. The number of hydrogen-bond acceptors (Lipinski definition) is 3. The summed E-state index contributed by atoms with van der Waals surface area (Å²) in [5.74, 6) is -0.0224. The monoisotopic (exact) mass is 496 g/mol. The van der Waals surface area contributed by atoms with Crippen LogP contribution in [0.1, 0.15) is 48.0 Å². The molecule has 0 saturated heterocycles. The van der Waals surface area contributed by atoms with Gasteiger partial charge in [0, 0.05) is 18.9 Å². The predicted molar refractivity (Wildman–Crippen MR) is 149 cm³/mol. The van der Waals surface area contributed by atoms with E-state index in [9.17, 15) is 5.11 Å². The van der Waals surface area contributed by atoms with Gasteiger partial charge in [0.2, 0.25) is 0 Å². The Morgan fingerprint density at radius 1 is 0.853 bits per heavy atom. The standard InChI is InChI=1S/C29H44O3Si2/c1-22-25(27(20-26(22)30)32-33(8,9)28(2,3)4)21-31-34(29(5,6)7,23-16-12-10-13-17-23)24-18-14-11-15-19-24/h10-19,25-27,30H,1,20-21H2,2-9H3/t25-,26+,27-/m0/s1. The molecule has 0 spiro atoms. The second-order valence-corrected chi connectivity index (χ2v) is 21.4. The van der Waals surface area contributed by atoms with E-state index in [2.05, 4.69) is 122 Å². The van der Waals surface area contributed by atoms with Gasteiger partial charge in [0.05, 0.1) is 12.2 Å². The van der Waals surface area contributed by atoms with Crippen LogP contribution in [0, 0.1) is 5.92 Å². The van der Waals surface area contributed by atoms with Crippen LogP contribution in [0.2, 0.25) is 23.2 Å². The first-order valence-corrected chi connectivity index (χ1v) is 17.3. The predicted octanol–water partition coefficient (Wildman–Crippen LogP) is 5.89. The van der Waals surface area contributed by atoms with Gasteiger partial charge in [-0.15, -0.1) is 0 Å². The smallest absolute Gasteiger partial charge is 0.261 e. The van der Waals surface area contributed by atoms with Crippen molar-refractivity contribution >= 4 is 27.0 Å². The van der Waals surface area contributed by atoms with Crippen LogP contribution < -0.4 is 10.4 Å². The molecule has 2 aromatic carbocycles. The summed E-state index contributed by atoms with van der Waals surface area (Å²) in [7, 11) is -4.67. The fourth-order valence-corrected chi connectivity index (χ4v) is 10.9. The normalized spacial score (nSPS) is 22.3. The Morgan fingerprint density at radius 3 is 1.74 bits per heavy atom. The third-order valence-electron chi connectivity index (χ3n) is 7.96. The van der Waals surface area contributed by atoms with E-state index in [1.807, 2.05) is 0 Å². The van der Waals surface area contributed by atoms with Crippen molar-refractivity contribution in [1.29, 1.82) is 0 Å². The molecule has 1 saturated carbocycles. The summed E-state index contributed by atoms with van der Waals surface area (Å²) in [6.07, 6.45) is -0.00995. The maximum atomic E-state index is 10.8. The van der Waals surface area contributed by atoms with Gasteiger partial charge < -0.3 is 14.0 Å². The van der Waals surface area contributed by atoms with E-state index in [0.29, 0.717) is 13.0 Å². The molecule has 0 radical (unpaired) electrons. The Morgan fingerprint density at radius 2 is 1.32 bits per heavy atom. The van der Waals surface area contributed by atoms with Crippen LogP contribution in [0.3, 0.4) is 0 Å². The van der Waals surface area contributed by atoms with E-state index >= 15 is 0 Å². The Hall–Kier alpha value is -1.51. The molecule has 1 N–H and O–H groups in total. The van der Waals surface area contributed by atoms with E-state index < -0.39 is 22.7 Å². The zero-order valence-corrected chi connectivity index (χ0v) is 24.4. The van der Waals surface area contributed by atoms with Crippen molar-refractivity contribution in [3.8, 4) is 0 Å². The zero-order chi connectivity index (χ0) is 25.4. The van der Waals surface area contributed by atoms with Gasteiger partial charge in [0.25, 0.3) is 8.32 Å². The summed E-state index contributed by atoms with van der Waals surface area (Å²) in [5, 5.41) is 13.3. The van der Waals surface area contributed by atoms with Gasteiger partial charge in [0.1, 0.15) is 0 Å². The van der Waals surface area contributed by atoms with Crippen molar-refractivity contribution in [2.24, 2.45) is 5.92 Å². The number of hydrogen-bond donors (Lipinski definition) is 1. The topological polar surface area (TPSA) is 38.7 Å². The van der Waals surface area contributed by atoms with Gasteiger partial charge >= 0.3 is 0 Å². The summed E-state index contributed by atoms with van der Waals surface area (Å²) < 4.78 is 14.0. The molecule has 186 valence electrons. The highest BCUT2D eigenvalue weighted by Crippen LogP contribution is 2.43. The fourth-order valence-electron chi connectivity index (χ4n) is 4.90. The fraction of sp³-hybridized carbons (Fsp3) is 0.517. The van der Waals surface area contributed by atoms with Crippen LogP contribution in [0.25, 0.3) is 0 Å². The minimum absolute atomic E-state index is 0.0224. The molecule has 0 bridgehead atoms. The van der Waals surface area contributed by atoms with E-state index in [4.69, 9.17) is 8.85 Å². The highest BCUT2D eigenvalue weighted by atomic mass is 28.4. The highest BCUT2D eigenvalue weighted by molar-refractivity contribution is 6.99. The molecule has 1 fully saturated rings. The molecule has 0 amide bonds. The van der Waals surface area contributed by atoms with Gasteiger partial charge in [-0.25, -0.2) is 0 Å². The van der Waals surface area contributed by atoms with E-state index in [1.54, 1.807) is 0 Å². The number of aliphatic hydroxyl groups excluding tert-OH is 1. The Bertz CT molecular complexity index is 919. The molecule has 0 aromatic heterocycles. The average Bonchev–Trinajstić information content (AvgIpc) is 3.00. The van der Waals surface area contributed by atoms with Crippen molar-refractivity contribution in [2.75, 3.05) is 6.61 Å². The lowest BCUT2D eigenvalue weighted by Crippen LogP contribution is -2.67. The molecule has 2 aromatic rings. The number of rotatable bonds is 7. The largest absolute Gasteiger partial charge is 0.413 e. The first kappa shape index (κ1) is 27.1. The molecule has 3 atom stereocenters. The zero-order valence-electron chi connectivity index (χ0n) is 22.4. The van der Waals surface area contributed by atoms with E-state index in [-0.39, 0.29) is 22.1 Å². The molecular weight excluding hydrogens is 452 g/mol. The van der Waals surface area contributed by atoms with Crippen molar-refractivity contribution in [3.05, 3.63) is 72.8 Å². The molecule has 5 heteroatoms. The van der Waals surface area contributed by atoms with Crippen LogP contribution in [0.4, 0.5) is 0 Å². The first-order valence-electron chi connectivity index (χ1n) is 12.5. The van der Waals surface area contributed by atoms with E-state index in [0.717, 1.165) is 5.57 Å². The second-order valence-electron chi connectivity index (χ2n) is 12.3. The Balaban J connectivity index is 2.01. The minimum atomic E-state index is -2.66. The van der Waals surface area contributed by atoms with Crippen molar-refractivity contribution in [3.63, 3.8) is 0 Å². The van der Waals surface area contributed by atoms with Crippen LogP contribution >= 0.6 is 0 Å². The van der Waals surface area contributed by atoms with Gasteiger partial charge in [-0.1, -0.05) is 109 Å². The Kier molecular flexibility index (Phi) is 7.86. The van der Waals surface area contributed by atoms with Gasteiger partial charge in [-0.05, 0) is 39.1 Å². The molecular formula is C29H44O3Si2. The molecule has 0 aliphatic heterocycles. The summed E-state index contributed by atoms with van der Waals surface area (Å²) >= 11 is 0. The molecule has 0 unspecified atom stereocenters. The number of benzene rings is 2. The van der Waals surface area contributed by atoms with Crippen LogP contribution in [-0.4, -0.2) is 40.6 Å². The highest BCUT2D eigenvalue weighted by Gasteiger charge is 2.52. The van der Waals surface area contributed by atoms with Crippen molar-refractivity contribution in [1.82, 2.24) is 0 Å². The SMILES string of the molecule is C=C1[C@H](O)C[C@H](O[Si](C)(C)C(C)(C)C)[C@H]1CO[Si](c1ccccc1)(c1ccccc1)C(C)(C)C. The summed E-state index contributed by atoms with van der Waals surface area (Å²) in [6.45, 7) is 23.0. The summed E-state index contributed by atoms with van der Waals surface area (Å²) in [5.41, 5.74) is 0.849. The third kappa shape index (κ3) is 5.19. The maximum Gasteiger partial charge on any atom is 0.261 e. The minimum Gasteiger partial charge on any atom is -0.413 e. The van der Waals surface area contributed by atoms with Crippen LogP contribution in [0.5, 0.6) is 0 Å². The molecule has 34 heavy (non-hydrogen) atoms. The molecule has 3 nitrogen and oxygen atoms in total. The molecule has 1 aliphatic rings. The summed E-state index contributed by atoms with van der Waals surface area (Å²) in [6, 6.07) is 21.4. The second kappa shape index (κ2) is 9.86. The van der Waals surface area contributed by atoms with Crippen LogP contribution in [-0.2, 0) is 8.85 Å². The van der Waals surface area contributed by atoms with Crippen molar-refractivity contribution in [2.45, 2.75) is 83.3 Å². The average molecular weight is 497 g/mol. The van der Waals surface area contributed by atoms with Crippen LogP contribution in [0.15, 0.2) is 72.8 Å². The quantitative estimate of drug-likeness (QED) is 0.384. The lowest BCUT2D eigenvalue weighted by molar-refractivity contribution is 0.105. The van der Waals surface area contributed by atoms with Gasteiger partial charge in [-0.3, -0.25) is 0 Å². The van der Waals surface area contributed by atoms with E-state index in [1.165, 1.54) is 10.4 Å². The Labute approximate surface area is 209 Å². The molecule has 3 rings (SSSR count). The number of aliphatic hydroxyl groups is 1. The lowest BCUT2D eigenvalue weighted by Gasteiger charge is -2.44. The maximum absolute atomic E-state index is 10.8.